The SMILES string of the molecule is CCN(C)S(=O)(=O)c1cnn(CCNC2CC2)c1. The first kappa shape index (κ1) is 13.5. The van der Waals surface area contributed by atoms with Crippen LogP contribution in [-0.2, 0) is 16.6 Å². The van der Waals surface area contributed by atoms with Gasteiger partial charge in [-0.3, -0.25) is 4.68 Å². The first-order valence-electron chi connectivity index (χ1n) is 6.26. The van der Waals surface area contributed by atoms with Gasteiger partial charge in [-0.15, -0.1) is 0 Å². The van der Waals surface area contributed by atoms with Crippen molar-refractivity contribution in [3.8, 4) is 0 Å². The summed E-state index contributed by atoms with van der Waals surface area (Å²) in [5, 5.41) is 7.45. The molecule has 18 heavy (non-hydrogen) atoms. The minimum absolute atomic E-state index is 0.262. The van der Waals surface area contributed by atoms with Crippen LogP contribution in [0.2, 0.25) is 0 Å². The maximum Gasteiger partial charge on any atom is 0.245 e. The van der Waals surface area contributed by atoms with Crippen LogP contribution in [0.1, 0.15) is 19.8 Å². The second-order valence-corrected chi connectivity index (χ2v) is 6.63. The van der Waals surface area contributed by atoms with Crippen molar-refractivity contribution >= 4 is 10.0 Å². The quantitative estimate of drug-likeness (QED) is 0.774. The molecular weight excluding hydrogens is 252 g/mol. The Morgan fingerprint density at radius 1 is 1.56 bits per heavy atom. The average molecular weight is 272 g/mol. The van der Waals surface area contributed by atoms with E-state index in [-0.39, 0.29) is 4.90 Å². The van der Waals surface area contributed by atoms with Crippen molar-refractivity contribution in [3.63, 3.8) is 0 Å². The molecule has 0 amide bonds. The predicted molar refractivity (Wildman–Crippen MR) is 68.7 cm³/mol. The minimum atomic E-state index is -3.37. The number of sulfonamides is 1. The van der Waals surface area contributed by atoms with Crippen molar-refractivity contribution < 1.29 is 8.42 Å². The number of hydrogen-bond donors (Lipinski definition) is 1. The van der Waals surface area contributed by atoms with E-state index in [4.69, 9.17) is 0 Å². The lowest BCUT2D eigenvalue weighted by Crippen LogP contribution is -2.26. The third-order valence-corrected chi connectivity index (χ3v) is 5.00. The summed E-state index contributed by atoms with van der Waals surface area (Å²) in [6.07, 6.45) is 5.51. The monoisotopic (exact) mass is 272 g/mol. The van der Waals surface area contributed by atoms with E-state index in [9.17, 15) is 8.42 Å². The van der Waals surface area contributed by atoms with Crippen LogP contribution in [0.5, 0.6) is 0 Å². The first-order chi connectivity index (χ1) is 8.54. The number of nitrogens with one attached hydrogen (secondary N) is 1. The highest BCUT2D eigenvalue weighted by atomic mass is 32.2. The van der Waals surface area contributed by atoms with Crippen molar-refractivity contribution in [2.75, 3.05) is 20.1 Å². The van der Waals surface area contributed by atoms with E-state index in [2.05, 4.69) is 10.4 Å². The Labute approximate surface area is 108 Å². The second-order valence-electron chi connectivity index (χ2n) is 4.59. The summed E-state index contributed by atoms with van der Waals surface area (Å²) in [7, 11) is -1.80. The highest BCUT2D eigenvalue weighted by Gasteiger charge is 2.22. The molecule has 0 saturated heterocycles. The summed E-state index contributed by atoms with van der Waals surface area (Å²) in [6.45, 7) is 3.79. The number of aromatic nitrogens is 2. The van der Waals surface area contributed by atoms with Crippen molar-refractivity contribution in [2.24, 2.45) is 0 Å². The largest absolute Gasteiger partial charge is 0.312 e. The van der Waals surface area contributed by atoms with Crippen LogP contribution in [0, 0.1) is 0 Å². The van der Waals surface area contributed by atoms with Gasteiger partial charge >= 0.3 is 0 Å². The van der Waals surface area contributed by atoms with Crippen molar-refractivity contribution in [3.05, 3.63) is 12.4 Å². The van der Waals surface area contributed by atoms with Gasteiger partial charge in [-0.25, -0.2) is 12.7 Å². The molecule has 0 atom stereocenters. The van der Waals surface area contributed by atoms with E-state index in [0.717, 1.165) is 6.54 Å². The van der Waals surface area contributed by atoms with Crippen LogP contribution in [0.3, 0.4) is 0 Å². The second kappa shape index (κ2) is 5.38. The zero-order chi connectivity index (χ0) is 13.2. The fourth-order valence-corrected chi connectivity index (χ4v) is 2.76. The molecule has 1 aliphatic carbocycles. The molecule has 1 aromatic rings. The van der Waals surface area contributed by atoms with Crippen LogP contribution in [0.4, 0.5) is 0 Å². The highest BCUT2D eigenvalue weighted by molar-refractivity contribution is 7.89. The molecule has 1 aliphatic rings. The maximum atomic E-state index is 12.0. The van der Waals surface area contributed by atoms with Gasteiger partial charge in [0, 0.05) is 32.4 Å². The van der Waals surface area contributed by atoms with E-state index < -0.39 is 10.0 Å². The summed E-state index contributed by atoms with van der Waals surface area (Å²) in [4.78, 5) is 0.262. The van der Waals surface area contributed by atoms with Crippen molar-refractivity contribution in [1.82, 2.24) is 19.4 Å². The summed E-state index contributed by atoms with van der Waals surface area (Å²) in [6, 6.07) is 0.662. The summed E-state index contributed by atoms with van der Waals surface area (Å²) in [5.74, 6) is 0. The molecule has 0 unspecified atom stereocenters. The third-order valence-electron chi connectivity index (χ3n) is 3.11. The van der Waals surface area contributed by atoms with Gasteiger partial charge in [0.1, 0.15) is 4.90 Å². The zero-order valence-corrected chi connectivity index (χ0v) is 11.7. The van der Waals surface area contributed by atoms with Gasteiger partial charge in [0.15, 0.2) is 0 Å². The molecule has 7 heteroatoms. The van der Waals surface area contributed by atoms with Gasteiger partial charge in [-0.2, -0.15) is 5.10 Å². The minimum Gasteiger partial charge on any atom is -0.312 e. The van der Waals surface area contributed by atoms with Crippen molar-refractivity contribution in [1.29, 1.82) is 0 Å². The Balaban J connectivity index is 1.95. The van der Waals surface area contributed by atoms with Crippen LogP contribution < -0.4 is 5.32 Å². The van der Waals surface area contributed by atoms with Crippen LogP contribution >= 0.6 is 0 Å². The van der Waals surface area contributed by atoms with Gasteiger partial charge < -0.3 is 5.32 Å². The summed E-state index contributed by atoms with van der Waals surface area (Å²) in [5.41, 5.74) is 0. The van der Waals surface area contributed by atoms with Crippen LogP contribution in [-0.4, -0.2) is 48.7 Å². The van der Waals surface area contributed by atoms with Gasteiger partial charge in [-0.1, -0.05) is 6.92 Å². The first-order valence-corrected chi connectivity index (χ1v) is 7.70. The zero-order valence-electron chi connectivity index (χ0n) is 10.8. The summed E-state index contributed by atoms with van der Waals surface area (Å²) < 4.78 is 27.0. The molecule has 2 rings (SSSR count). The lowest BCUT2D eigenvalue weighted by Gasteiger charge is -2.12. The molecule has 1 fully saturated rings. The maximum absolute atomic E-state index is 12.0. The fraction of sp³-hybridized carbons (Fsp3) is 0.727. The number of hydrogen-bond acceptors (Lipinski definition) is 4. The molecule has 1 N–H and O–H groups in total. The number of nitrogens with zero attached hydrogens (tertiary/aromatic N) is 3. The van der Waals surface area contributed by atoms with E-state index in [1.807, 2.05) is 6.92 Å². The molecule has 1 saturated carbocycles. The van der Waals surface area contributed by atoms with Crippen molar-refractivity contribution in [2.45, 2.75) is 37.2 Å². The molecule has 1 heterocycles. The Morgan fingerprint density at radius 2 is 2.28 bits per heavy atom. The Kier molecular flexibility index (Phi) is 4.04. The highest BCUT2D eigenvalue weighted by Crippen LogP contribution is 2.18. The Hall–Kier alpha value is -0.920. The molecule has 0 aromatic carbocycles. The molecular formula is C11H20N4O2S. The van der Waals surface area contributed by atoms with E-state index in [1.165, 1.54) is 23.3 Å². The number of rotatable bonds is 7. The summed E-state index contributed by atoms with van der Waals surface area (Å²) >= 11 is 0. The normalized spacial score (nSPS) is 16.4. The fourth-order valence-electron chi connectivity index (χ4n) is 1.62. The average Bonchev–Trinajstić information content (AvgIpc) is 3.04. The van der Waals surface area contributed by atoms with Gasteiger partial charge in [0.05, 0.1) is 12.7 Å². The van der Waals surface area contributed by atoms with E-state index in [0.29, 0.717) is 19.1 Å². The topological polar surface area (TPSA) is 67.2 Å². The molecule has 1 aromatic heterocycles. The predicted octanol–water partition coefficient (Wildman–Crippen LogP) is 0.276. The molecule has 0 radical (unpaired) electrons. The van der Waals surface area contributed by atoms with Gasteiger partial charge in [0.2, 0.25) is 10.0 Å². The molecule has 102 valence electrons. The molecule has 0 bridgehead atoms. The van der Waals surface area contributed by atoms with Gasteiger partial charge in [0.25, 0.3) is 0 Å². The molecule has 0 spiro atoms. The smallest absolute Gasteiger partial charge is 0.245 e. The van der Waals surface area contributed by atoms with Crippen LogP contribution in [0.15, 0.2) is 17.3 Å². The lowest BCUT2D eigenvalue weighted by atomic mass is 10.6. The van der Waals surface area contributed by atoms with E-state index >= 15 is 0 Å². The Morgan fingerprint density at radius 3 is 2.89 bits per heavy atom. The lowest BCUT2D eigenvalue weighted by molar-refractivity contribution is 0.486. The van der Waals surface area contributed by atoms with Gasteiger partial charge in [-0.05, 0) is 12.8 Å². The third kappa shape index (κ3) is 3.09. The molecule has 0 aliphatic heterocycles. The van der Waals surface area contributed by atoms with Crippen LogP contribution in [0.25, 0.3) is 0 Å². The molecule has 6 nitrogen and oxygen atoms in total. The standard InChI is InChI=1S/C11H20N4O2S/c1-3-14(2)18(16,17)11-8-13-15(9-11)7-6-12-10-4-5-10/h8-10,12H,3-7H2,1-2H3. The van der Waals surface area contributed by atoms with E-state index in [1.54, 1.807) is 17.9 Å². The Bertz CT molecular complexity index is 493.